The van der Waals surface area contributed by atoms with Crippen LogP contribution in [0.2, 0.25) is 0 Å². The Balaban J connectivity index is 1.47. The Labute approximate surface area is 174 Å². The van der Waals surface area contributed by atoms with E-state index in [1.807, 2.05) is 66.0 Å². The van der Waals surface area contributed by atoms with Crippen molar-refractivity contribution in [1.82, 2.24) is 19.8 Å². The predicted molar refractivity (Wildman–Crippen MR) is 116 cm³/mol. The van der Waals surface area contributed by atoms with Crippen molar-refractivity contribution in [2.75, 3.05) is 20.6 Å². The highest BCUT2D eigenvalue weighted by Crippen LogP contribution is 2.20. The average molecular weight is 402 g/mol. The average Bonchev–Trinajstić information content (AvgIpc) is 3.18. The van der Waals surface area contributed by atoms with Crippen LogP contribution in [0.3, 0.4) is 0 Å². The van der Waals surface area contributed by atoms with Crippen molar-refractivity contribution in [3.8, 4) is 5.69 Å². The zero-order valence-corrected chi connectivity index (χ0v) is 16.9. The van der Waals surface area contributed by atoms with Crippen LogP contribution in [0.5, 0.6) is 0 Å². The van der Waals surface area contributed by atoms with Gasteiger partial charge in [-0.05, 0) is 68.2 Å². The minimum Gasteiger partial charge on any atom is -0.350 e. The highest BCUT2D eigenvalue weighted by atomic mass is 19.1. The third-order valence-electron chi connectivity index (χ3n) is 5.17. The van der Waals surface area contributed by atoms with Gasteiger partial charge in [-0.3, -0.25) is 9.36 Å². The van der Waals surface area contributed by atoms with Gasteiger partial charge in [-0.25, -0.2) is 9.37 Å². The summed E-state index contributed by atoms with van der Waals surface area (Å²) in [5.41, 5.74) is 4.26. The normalized spacial score (nSPS) is 12.3. The van der Waals surface area contributed by atoms with E-state index in [2.05, 4.69) is 10.3 Å². The number of rotatable bonds is 6. The molecule has 1 aromatic heterocycles. The first kappa shape index (κ1) is 19.8. The van der Waals surface area contributed by atoms with E-state index in [9.17, 15) is 9.18 Å². The third kappa shape index (κ3) is 4.09. The molecule has 0 spiro atoms. The molecule has 0 aliphatic rings. The smallest absolute Gasteiger partial charge is 0.251 e. The monoisotopic (exact) mass is 402 g/mol. The number of benzene rings is 3. The fourth-order valence-electron chi connectivity index (χ4n) is 3.54. The second kappa shape index (κ2) is 8.47. The molecule has 5 nitrogen and oxygen atoms in total. The van der Waals surface area contributed by atoms with Crippen LogP contribution in [-0.2, 0) is 0 Å². The number of aromatic nitrogens is 2. The molecule has 152 valence electrons. The van der Waals surface area contributed by atoms with Gasteiger partial charge in [-0.2, -0.15) is 0 Å². The zero-order valence-electron chi connectivity index (χ0n) is 16.9. The van der Waals surface area contributed by atoms with Gasteiger partial charge >= 0.3 is 0 Å². The summed E-state index contributed by atoms with van der Waals surface area (Å²) < 4.78 is 15.6. The number of fused-ring (bicyclic) bond motifs is 1. The van der Waals surface area contributed by atoms with Crippen molar-refractivity contribution >= 4 is 16.9 Å². The minimum absolute atomic E-state index is 0.124. The predicted octanol–water partition coefficient (Wildman–Crippen LogP) is 4.20. The number of nitrogens with zero attached hydrogens (tertiary/aromatic N) is 3. The van der Waals surface area contributed by atoms with E-state index in [1.165, 1.54) is 12.1 Å². The van der Waals surface area contributed by atoms with Crippen LogP contribution in [0.1, 0.15) is 22.0 Å². The van der Waals surface area contributed by atoms with Crippen LogP contribution in [0, 0.1) is 5.82 Å². The van der Waals surface area contributed by atoms with Gasteiger partial charge < -0.3 is 10.2 Å². The number of hydrogen-bond acceptors (Lipinski definition) is 3. The molecule has 0 radical (unpaired) electrons. The summed E-state index contributed by atoms with van der Waals surface area (Å²) in [5.74, 6) is -0.450. The molecular weight excluding hydrogens is 379 g/mol. The molecule has 30 heavy (non-hydrogen) atoms. The highest BCUT2D eigenvalue weighted by molar-refractivity contribution is 5.94. The van der Waals surface area contributed by atoms with Gasteiger partial charge in [0.25, 0.3) is 5.91 Å². The molecule has 4 aromatic rings. The fraction of sp³-hybridized carbons (Fsp3) is 0.167. The molecule has 0 aliphatic heterocycles. The lowest BCUT2D eigenvalue weighted by Crippen LogP contribution is -2.34. The van der Waals surface area contributed by atoms with Crippen molar-refractivity contribution in [2.24, 2.45) is 0 Å². The Morgan fingerprint density at radius 2 is 1.83 bits per heavy atom. The van der Waals surface area contributed by atoms with Gasteiger partial charge in [0, 0.05) is 17.8 Å². The summed E-state index contributed by atoms with van der Waals surface area (Å²) >= 11 is 0. The molecule has 0 fully saturated rings. The molecule has 1 heterocycles. The molecule has 3 aromatic carbocycles. The number of nitrogens with one attached hydrogen (secondary N) is 1. The highest BCUT2D eigenvalue weighted by Gasteiger charge is 2.16. The van der Waals surface area contributed by atoms with Gasteiger partial charge in [0.15, 0.2) is 0 Å². The molecule has 0 aliphatic carbocycles. The van der Waals surface area contributed by atoms with E-state index >= 15 is 0 Å². The van der Waals surface area contributed by atoms with Gasteiger partial charge in [0.1, 0.15) is 12.1 Å². The molecule has 0 saturated heterocycles. The molecule has 4 rings (SSSR count). The Morgan fingerprint density at radius 3 is 2.57 bits per heavy atom. The molecule has 6 heteroatoms. The van der Waals surface area contributed by atoms with Gasteiger partial charge in [-0.1, -0.05) is 24.3 Å². The van der Waals surface area contributed by atoms with Crippen molar-refractivity contribution in [1.29, 1.82) is 0 Å². The van der Waals surface area contributed by atoms with Crippen LogP contribution in [0.4, 0.5) is 4.39 Å². The molecule has 0 saturated carbocycles. The molecule has 1 atom stereocenters. The summed E-state index contributed by atoms with van der Waals surface area (Å²) in [6.07, 6.45) is 1.78. The second-order valence-corrected chi connectivity index (χ2v) is 7.39. The lowest BCUT2D eigenvalue weighted by atomic mass is 10.1. The standard InChI is InChI=1S/C24H23FN4O/c1-28(2)23(18-6-5-7-19(25)14-18)15-26-24(30)17-10-12-20(13-11-17)29-16-27-21-8-3-4-9-22(21)29/h3-14,16,23H,15H2,1-2H3,(H,26,30)/t23-/m1/s1. The maximum absolute atomic E-state index is 13.6. The van der Waals surface area contributed by atoms with E-state index in [4.69, 9.17) is 0 Å². The fourth-order valence-corrected chi connectivity index (χ4v) is 3.54. The first-order valence-corrected chi connectivity index (χ1v) is 9.75. The van der Waals surface area contributed by atoms with Gasteiger partial charge in [0.2, 0.25) is 0 Å². The molecule has 0 bridgehead atoms. The summed E-state index contributed by atoms with van der Waals surface area (Å²) in [7, 11) is 3.82. The Morgan fingerprint density at radius 1 is 1.07 bits per heavy atom. The number of hydrogen-bond donors (Lipinski definition) is 1. The second-order valence-electron chi connectivity index (χ2n) is 7.39. The van der Waals surface area contributed by atoms with Gasteiger partial charge in [-0.15, -0.1) is 0 Å². The molecule has 1 amide bonds. The minimum atomic E-state index is -0.284. The molecule has 0 unspecified atom stereocenters. The van der Waals surface area contributed by atoms with Crippen molar-refractivity contribution in [3.05, 3.63) is 96.1 Å². The topological polar surface area (TPSA) is 50.2 Å². The molecular formula is C24H23FN4O. The maximum atomic E-state index is 13.6. The third-order valence-corrected chi connectivity index (χ3v) is 5.17. The Kier molecular flexibility index (Phi) is 5.59. The van der Waals surface area contributed by atoms with E-state index in [0.717, 1.165) is 22.3 Å². The SMILES string of the molecule is CN(C)[C@H](CNC(=O)c1ccc(-n2cnc3ccccc32)cc1)c1cccc(F)c1. The van der Waals surface area contributed by atoms with E-state index in [0.29, 0.717) is 12.1 Å². The van der Waals surface area contributed by atoms with E-state index in [-0.39, 0.29) is 17.8 Å². The number of carbonyl (C=O) groups is 1. The lowest BCUT2D eigenvalue weighted by molar-refractivity contribution is 0.0942. The van der Waals surface area contributed by atoms with Crippen LogP contribution in [0.25, 0.3) is 16.7 Å². The number of amides is 1. The summed E-state index contributed by atoms with van der Waals surface area (Å²) in [4.78, 5) is 19.0. The van der Waals surface area contributed by atoms with Crippen LogP contribution < -0.4 is 5.32 Å². The van der Waals surface area contributed by atoms with Crippen LogP contribution in [-0.4, -0.2) is 41.0 Å². The van der Waals surface area contributed by atoms with Crippen molar-refractivity contribution < 1.29 is 9.18 Å². The zero-order chi connectivity index (χ0) is 21.1. The first-order valence-electron chi connectivity index (χ1n) is 9.75. The summed E-state index contributed by atoms with van der Waals surface area (Å²) in [6.45, 7) is 0.378. The van der Waals surface area contributed by atoms with Crippen molar-refractivity contribution in [2.45, 2.75) is 6.04 Å². The van der Waals surface area contributed by atoms with Crippen LogP contribution in [0.15, 0.2) is 79.1 Å². The Bertz CT molecular complexity index is 1170. The van der Waals surface area contributed by atoms with E-state index < -0.39 is 0 Å². The lowest BCUT2D eigenvalue weighted by Gasteiger charge is -2.25. The number of imidazole rings is 1. The Hall–Kier alpha value is -3.51. The van der Waals surface area contributed by atoms with Crippen molar-refractivity contribution in [3.63, 3.8) is 0 Å². The number of likely N-dealkylation sites (N-methyl/N-ethyl adjacent to an activating group) is 1. The quantitative estimate of drug-likeness (QED) is 0.526. The first-order chi connectivity index (χ1) is 14.5. The van der Waals surface area contributed by atoms with Crippen LogP contribution >= 0.6 is 0 Å². The largest absolute Gasteiger partial charge is 0.350 e. The summed E-state index contributed by atoms with van der Waals surface area (Å²) in [5, 5.41) is 2.96. The number of para-hydroxylation sites is 2. The number of halogens is 1. The maximum Gasteiger partial charge on any atom is 0.251 e. The number of carbonyl (C=O) groups excluding carboxylic acids is 1. The van der Waals surface area contributed by atoms with Gasteiger partial charge in [0.05, 0.1) is 17.1 Å². The van der Waals surface area contributed by atoms with E-state index in [1.54, 1.807) is 24.5 Å². The summed E-state index contributed by atoms with van der Waals surface area (Å²) in [6, 6.07) is 21.6. The molecule has 1 N–H and O–H groups in total.